The van der Waals surface area contributed by atoms with Crippen LogP contribution >= 0.6 is 27.5 Å². The van der Waals surface area contributed by atoms with Gasteiger partial charge in [-0.25, -0.2) is 0 Å². The van der Waals surface area contributed by atoms with Gasteiger partial charge in [0.05, 0.1) is 10.5 Å². The van der Waals surface area contributed by atoms with E-state index in [1.807, 2.05) is 18.2 Å². The molecule has 0 atom stereocenters. The van der Waals surface area contributed by atoms with Crippen LogP contribution in [0.2, 0.25) is 5.15 Å². The van der Waals surface area contributed by atoms with Crippen molar-refractivity contribution in [2.24, 2.45) is 0 Å². The standard InChI is InChI=1S/C14H14BrClN2O2/c1-14(2,3)9-5-4-6-10(15)13(9)20-12-8-7-11(16)17-18(12)19/h4-8H,1-3H3. The molecule has 0 aliphatic rings. The van der Waals surface area contributed by atoms with E-state index in [0.717, 1.165) is 10.0 Å². The molecule has 0 radical (unpaired) electrons. The first-order chi connectivity index (χ1) is 9.29. The number of rotatable bonds is 2. The van der Waals surface area contributed by atoms with Crippen LogP contribution in [0.5, 0.6) is 11.6 Å². The highest BCUT2D eigenvalue weighted by atomic mass is 79.9. The summed E-state index contributed by atoms with van der Waals surface area (Å²) < 4.78 is 6.51. The Kier molecular flexibility index (Phi) is 4.20. The largest absolute Gasteiger partial charge is 0.591 e. The highest BCUT2D eigenvalue weighted by Gasteiger charge is 2.23. The lowest BCUT2D eigenvalue weighted by Gasteiger charge is -2.22. The Morgan fingerprint density at radius 3 is 2.55 bits per heavy atom. The molecule has 0 fully saturated rings. The normalized spacial score (nSPS) is 11.4. The molecule has 6 heteroatoms. The van der Waals surface area contributed by atoms with E-state index in [4.69, 9.17) is 16.3 Å². The molecule has 2 aromatic rings. The summed E-state index contributed by atoms with van der Waals surface area (Å²) in [5.41, 5.74) is 0.869. The minimum atomic E-state index is -0.118. The van der Waals surface area contributed by atoms with E-state index in [1.165, 1.54) is 12.1 Å². The summed E-state index contributed by atoms with van der Waals surface area (Å²) in [4.78, 5) is 0.369. The molecule has 2 rings (SSSR count). The average molecular weight is 358 g/mol. The summed E-state index contributed by atoms with van der Waals surface area (Å²) in [6, 6.07) is 8.78. The third-order valence-electron chi connectivity index (χ3n) is 2.72. The molecule has 1 heterocycles. The number of halogens is 2. The summed E-state index contributed by atoms with van der Waals surface area (Å²) in [6.07, 6.45) is 0. The third kappa shape index (κ3) is 3.22. The molecule has 0 N–H and O–H groups in total. The number of ether oxygens (including phenoxy) is 1. The maximum atomic E-state index is 11.7. The maximum Gasteiger partial charge on any atom is 0.411 e. The third-order valence-corrected chi connectivity index (χ3v) is 3.55. The van der Waals surface area contributed by atoms with E-state index in [2.05, 4.69) is 41.8 Å². The zero-order valence-electron chi connectivity index (χ0n) is 11.4. The molecule has 0 amide bonds. The van der Waals surface area contributed by atoms with Gasteiger partial charge in [0.2, 0.25) is 0 Å². The lowest BCUT2D eigenvalue weighted by molar-refractivity contribution is -0.673. The molecule has 0 unspecified atom stereocenters. The Hall–Kier alpha value is -1.33. The van der Waals surface area contributed by atoms with Crippen LogP contribution in [0.15, 0.2) is 34.8 Å². The van der Waals surface area contributed by atoms with Gasteiger partial charge in [-0.2, -0.15) is 0 Å². The summed E-state index contributed by atoms with van der Waals surface area (Å²) in [5, 5.41) is 15.4. The van der Waals surface area contributed by atoms with Gasteiger partial charge in [-0.3, -0.25) is 0 Å². The number of nitrogens with zero attached hydrogens (tertiary/aromatic N) is 2. The van der Waals surface area contributed by atoms with Gasteiger partial charge in [-0.05, 0) is 38.3 Å². The number of aromatic nitrogens is 2. The van der Waals surface area contributed by atoms with Gasteiger partial charge >= 0.3 is 5.88 Å². The van der Waals surface area contributed by atoms with Gasteiger partial charge in [0.25, 0.3) is 0 Å². The van der Waals surface area contributed by atoms with Crippen molar-refractivity contribution in [3.05, 3.63) is 50.7 Å². The van der Waals surface area contributed by atoms with Crippen LogP contribution < -0.4 is 9.58 Å². The van der Waals surface area contributed by atoms with E-state index in [-0.39, 0.29) is 16.4 Å². The fourth-order valence-corrected chi connectivity index (χ4v) is 2.33. The second-order valence-corrected chi connectivity index (χ2v) is 6.58. The first-order valence-electron chi connectivity index (χ1n) is 6.02. The van der Waals surface area contributed by atoms with Crippen molar-refractivity contribution < 1.29 is 9.58 Å². The Balaban J connectivity index is 2.48. The van der Waals surface area contributed by atoms with Crippen LogP contribution in [0.25, 0.3) is 0 Å². The van der Waals surface area contributed by atoms with Crippen molar-refractivity contribution in [2.75, 3.05) is 0 Å². The molecule has 20 heavy (non-hydrogen) atoms. The van der Waals surface area contributed by atoms with Crippen molar-refractivity contribution >= 4 is 27.5 Å². The minimum Gasteiger partial charge on any atom is -0.591 e. The van der Waals surface area contributed by atoms with Crippen LogP contribution in [-0.2, 0) is 5.41 Å². The summed E-state index contributed by atoms with van der Waals surface area (Å²) in [7, 11) is 0. The van der Waals surface area contributed by atoms with Crippen LogP contribution in [0.1, 0.15) is 26.3 Å². The number of hydrogen-bond acceptors (Lipinski definition) is 3. The Bertz CT molecular complexity index is 642. The molecular formula is C14H14BrClN2O2. The lowest BCUT2D eigenvalue weighted by Crippen LogP contribution is -2.32. The van der Waals surface area contributed by atoms with Gasteiger partial charge in [0.15, 0.2) is 10.9 Å². The average Bonchev–Trinajstić information content (AvgIpc) is 2.33. The van der Waals surface area contributed by atoms with Crippen molar-refractivity contribution in [1.82, 2.24) is 5.10 Å². The number of para-hydroxylation sites is 1. The number of hydrogen-bond donors (Lipinski definition) is 0. The zero-order valence-corrected chi connectivity index (χ0v) is 13.7. The van der Waals surface area contributed by atoms with Gasteiger partial charge in [0, 0.05) is 10.7 Å². The fourth-order valence-electron chi connectivity index (χ4n) is 1.75. The van der Waals surface area contributed by atoms with E-state index >= 15 is 0 Å². The molecule has 1 aromatic heterocycles. The SMILES string of the molecule is CC(C)(C)c1cccc(Br)c1Oc1ccc(Cl)n[n+]1[O-]. The van der Waals surface area contributed by atoms with Crippen molar-refractivity contribution in [3.63, 3.8) is 0 Å². The lowest BCUT2D eigenvalue weighted by atomic mass is 9.86. The summed E-state index contributed by atoms with van der Waals surface area (Å²) in [5.74, 6) is 0.681. The number of benzene rings is 1. The van der Waals surface area contributed by atoms with Crippen molar-refractivity contribution in [1.29, 1.82) is 0 Å². The smallest absolute Gasteiger partial charge is 0.411 e. The van der Waals surface area contributed by atoms with Gasteiger partial charge in [-0.1, -0.05) is 44.5 Å². The Morgan fingerprint density at radius 2 is 1.95 bits per heavy atom. The highest BCUT2D eigenvalue weighted by molar-refractivity contribution is 9.10. The van der Waals surface area contributed by atoms with Crippen LogP contribution in [0.3, 0.4) is 0 Å². The van der Waals surface area contributed by atoms with E-state index in [9.17, 15) is 5.21 Å². The van der Waals surface area contributed by atoms with Crippen LogP contribution in [0, 0.1) is 5.21 Å². The molecule has 1 aromatic carbocycles. The molecule has 0 spiro atoms. The van der Waals surface area contributed by atoms with E-state index in [1.54, 1.807) is 0 Å². The van der Waals surface area contributed by atoms with E-state index in [0.29, 0.717) is 10.6 Å². The fraction of sp³-hybridized carbons (Fsp3) is 0.286. The Labute approximate surface area is 131 Å². The monoisotopic (exact) mass is 356 g/mol. The molecule has 4 nitrogen and oxygen atoms in total. The summed E-state index contributed by atoms with van der Waals surface area (Å²) in [6.45, 7) is 6.23. The predicted octanol–water partition coefficient (Wildman–Crippen LogP) is 4.22. The van der Waals surface area contributed by atoms with E-state index < -0.39 is 0 Å². The molecule has 106 valence electrons. The predicted molar refractivity (Wildman–Crippen MR) is 81.1 cm³/mol. The topological polar surface area (TPSA) is 49.1 Å². The van der Waals surface area contributed by atoms with Gasteiger partial charge in [-0.15, -0.1) is 0 Å². The first kappa shape index (κ1) is 15.1. The van der Waals surface area contributed by atoms with Gasteiger partial charge < -0.3 is 9.94 Å². The van der Waals surface area contributed by atoms with Crippen LogP contribution in [0.4, 0.5) is 0 Å². The first-order valence-corrected chi connectivity index (χ1v) is 7.19. The summed E-state index contributed by atoms with van der Waals surface area (Å²) >= 11 is 9.11. The second kappa shape index (κ2) is 5.58. The van der Waals surface area contributed by atoms with Gasteiger partial charge in [0.1, 0.15) is 0 Å². The molecule has 0 bridgehead atoms. The second-order valence-electron chi connectivity index (χ2n) is 5.34. The minimum absolute atomic E-state index is 0.0757. The molecule has 0 aliphatic heterocycles. The molecule has 0 saturated heterocycles. The van der Waals surface area contributed by atoms with Crippen molar-refractivity contribution in [2.45, 2.75) is 26.2 Å². The quantitative estimate of drug-likeness (QED) is 0.597. The maximum absolute atomic E-state index is 11.7. The molecule has 0 aliphatic carbocycles. The Morgan fingerprint density at radius 1 is 1.25 bits per heavy atom. The van der Waals surface area contributed by atoms with Crippen molar-refractivity contribution in [3.8, 4) is 11.6 Å². The zero-order chi connectivity index (χ0) is 14.9. The van der Waals surface area contributed by atoms with Crippen LogP contribution in [-0.4, -0.2) is 5.10 Å². The molecular weight excluding hydrogens is 344 g/mol. The molecule has 0 saturated carbocycles. The highest BCUT2D eigenvalue weighted by Crippen LogP contribution is 2.38.